The largest absolute Gasteiger partial charge is 0.402 e. The van der Waals surface area contributed by atoms with Gasteiger partial charge in [0, 0.05) is 6.51 Å². The number of amides is 2. The summed E-state index contributed by atoms with van der Waals surface area (Å²) >= 11 is 0. The number of aliphatic hydroxyl groups excluding tert-OH is 1. The Kier molecular flexibility index (Phi) is 4.90. The third-order valence-electron chi connectivity index (χ3n) is 0.577. The summed E-state index contributed by atoms with van der Waals surface area (Å²) in [6.45, 7) is -0.178. The van der Waals surface area contributed by atoms with Crippen LogP contribution >= 0.6 is 0 Å². The Morgan fingerprint density at radius 1 is 1.90 bits per heavy atom. The number of urea groups is 1. The molecular formula is C2H8BN3O3S. The maximum Gasteiger partial charge on any atom is 0.337 e. The van der Waals surface area contributed by atoms with E-state index in [1.54, 1.807) is 0 Å². The second-order valence-corrected chi connectivity index (χ2v) is 2.16. The number of nitrogens with zero attached hydrogens (tertiary/aromatic N) is 1. The first-order valence-corrected chi connectivity index (χ1v) is 3.77. The predicted octanol–water partition coefficient (Wildman–Crippen LogP) is -2.46. The molecule has 10 heavy (non-hydrogen) atoms. The van der Waals surface area contributed by atoms with E-state index in [4.69, 9.17) is 5.11 Å². The highest BCUT2D eigenvalue weighted by Gasteiger charge is 1.94. The Morgan fingerprint density at radius 3 is 2.90 bits per heavy atom. The molecule has 0 aliphatic heterocycles. The zero-order chi connectivity index (χ0) is 7.98. The summed E-state index contributed by atoms with van der Waals surface area (Å²) < 4.78 is 13.0. The van der Waals surface area contributed by atoms with Crippen LogP contribution < -0.4 is 10.4 Å². The molecule has 1 unspecified atom stereocenters. The van der Waals surface area contributed by atoms with Gasteiger partial charge in [-0.2, -0.15) is 0 Å². The minimum atomic E-state index is -2.28. The van der Waals surface area contributed by atoms with Crippen LogP contribution in [0.5, 0.6) is 0 Å². The highest BCUT2D eigenvalue weighted by Crippen LogP contribution is 1.70. The Balaban J connectivity index is 3.65. The molecule has 0 aromatic carbocycles. The van der Waals surface area contributed by atoms with Crippen molar-refractivity contribution in [2.75, 3.05) is 6.51 Å². The summed E-state index contributed by atoms with van der Waals surface area (Å²) in [5, 5.41) is 15.0. The lowest BCUT2D eigenvalue weighted by Gasteiger charge is -1.92. The lowest BCUT2D eigenvalue weighted by molar-refractivity contribution is 0.253. The first kappa shape index (κ1) is 9.40. The fourth-order valence-corrected chi connectivity index (χ4v) is 0.537. The summed E-state index contributed by atoms with van der Waals surface area (Å²) in [7, 11) is -2.19. The number of aliphatic hydroxyl groups is 1. The fraction of sp³-hybridized carbons (Fsp3) is 0.500. The van der Waals surface area contributed by atoms with Crippen LogP contribution in [0.25, 0.3) is 0 Å². The Bertz CT molecular complexity index is 188. The van der Waals surface area contributed by atoms with Gasteiger partial charge in [-0.3, -0.25) is 0 Å². The van der Waals surface area contributed by atoms with Gasteiger partial charge in [0.05, 0.1) is 0 Å². The monoisotopic (exact) mass is 165 g/mol. The normalized spacial score (nSPS) is 12.6. The van der Waals surface area contributed by atoms with Crippen LogP contribution in [0.4, 0.5) is 4.79 Å². The molecule has 0 saturated carbocycles. The van der Waals surface area contributed by atoms with Gasteiger partial charge < -0.3 is 10.3 Å². The van der Waals surface area contributed by atoms with E-state index in [2.05, 4.69) is 14.7 Å². The van der Waals surface area contributed by atoms with Crippen LogP contribution in [-0.2, 0) is 10.8 Å². The van der Waals surface area contributed by atoms with Crippen LogP contribution in [0.3, 0.4) is 0 Å². The number of thiol groups is 1. The van der Waals surface area contributed by atoms with Crippen LogP contribution in [0, 0.1) is 0 Å². The average molecular weight is 165 g/mol. The van der Waals surface area contributed by atoms with Crippen molar-refractivity contribution < 1.29 is 14.1 Å². The van der Waals surface area contributed by atoms with E-state index in [9.17, 15) is 9.00 Å². The van der Waals surface area contributed by atoms with E-state index in [0.717, 1.165) is 0 Å². The zero-order valence-electron chi connectivity index (χ0n) is 5.15. The minimum Gasteiger partial charge on any atom is -0.402 e. The summed E-state index contributed by atoms with van der Waals surface area (Å²) in [5.41, 5.74) is 0. The molecule has 2 amide bonds. The lowest BCUT2D eigenvalue weighted by atomic mass is 9.98. The van der Waals surface area contributed by atoms with E-state index < -0.39 is 16.8 Å². The van der Waals surface area contributed by atoms with Crippen molar-refractivity contribution in [2.45, 2.75) is 0 Å². The Morgan fingerprint density at radius 2 is 2.50 bits per heavy atom. The second-order valence-electron chi connectivity index (χ2n) is 1.36. The molecule has 0 spiro atoms. The van der Waals surface area contributed by atoms with Crippen LogP contribution in [0.15, 0.2) is 4.36 Å². The molecule has 58 valence electrons. The number of nitrogens with two attached hydrogens (primary N) is 1. The highest BCUT2D eigenvalue weighted by atomic mass is 32.2. The van der Waals surface area contributed by atoms with Crippen molar-refractivity contribution >= 4 is 24.2 Å². The molecule has 4 N–H and O–H groups in total. The predicted molar refractivity (Wildman–Crippen MR) is 38.9 cm³/mol. The van der Waals surface area contributed by atoms with Gasteiger partial charge in [-0.15, -0.1) is 4.36 Å². The van der Waals surface area contributed by atoms with Gasteiger partial charge in [-0.1, -0.05) is 0 Å². The van der Waals surface area contributed by atoms with Crippen LogP contribution in [0.1, 0.15) is 0 Å². The van der Waals surface area contributed by atoms with E-state index >= 15 is 0 Å². The third kappa shape index (κ3) is 5.54. The molecule has 6 nitrogen and oxygen atoms in total. The number of carbonyl (C=O) groups is 1. The summed E-state index contributed by atoms with van der Waals surface area (Å²) in [6.07, 6.45) is 0. The molecule has 0 radical (unpaired) electrons. The summed E-state index contributed by atoms with van der Waals surface area (Å²) in [4.78, 5) is 10.4. The van der Waals surface area contributed by atoms with E-state index in [1.165, 1.54) is 0 Å². The number of hydrogen-bond acceptors (Lipinski definition) is 3. The molecule has 0 fully saturated rings. The van der Waals surface area contributed by atoms with Crippen molar-refractivity contribution in [3.8, 4) is 0 Å². The second kappa shape index (κ2) is 5.21. The van der Waals surface area contributed by atoms with Crippen molar-refractivity contribution in [3.05, 3.63) is 0 Å². The average Bonchev–Trinajstić information content (AvgIpc) is 1.82. The first-order chi connectivity index (χ1) is 4.66. The zero-order valence-corrected chi connectivity index (χ0v) is 6.04. The maximum atomic E-state index is 10.4. The molecular weight excluding hydrogens is 157 g/mol. The molecule has 0 aromatic rings. The number of nitrogens with one attached hydrogen (secondary N) is 1. The van der Waals surface area contributed by atoms with Crippen molar-refractivity contribution in [3.63, 3.8) is 0 Å². The van der Waals surface area contributed by atoms with E-state index in [0.29, 0.717) is 0 Å². The highest BCUT2D eigenvalue weighted by molar-refractivity contribution is 7.72. The number of hydrogen-bond donors (Lipinski definition) is 4. The van der Waals surface area contributed by atoms with Gasteiger partial charge in [0.1, 0.15) is 10.8 Å². The smallest absolute Gasteiger partial charge is 0.337 e. The molecule has 8 heteroatoms. The maximum absolute atomic E-state index is 10.4. The van der Waals surface area contributed by atoms with Crippen molar-refractivity contribution in [1.29, 1.82) is 0 Å². The summed E-state index contributed by atoms with van der Waals surface area (Å²) in [5.74, 6) is 0. The van der Waals surface area contributed by atoms with Gasteiger partial charge in [0.25, 0.3) is 7.41 Å². The fourth-order valence-electron chi connectivity index (χ4n) is 0.288. The molecule has 0 bridgehead atoms. The molecule has 0 rings (SSSR count). The van der Waals surface area contributed by atoms with Crippen molar-refractivity contribution in [2.24, 2.45) is 9.50 Å². The molecule has 1 atom stereocenters. The standard InChI is InChI=1S/C2H8BN3O3S/c4-10(9)6-2(8)5-3-1-7/h3,7,10H,1H2,(H3,4,5,6,8,9). The number of carbonyl (C=O) groups excluding carboxylic acids is 1. The molecule has 0 aromatic heterocycles. The quantitative estimate of drug-likeness (QED) is 0.269. The van der Waals surface area contributed by atoms with Gasteiger partial charge in [-0.25, -0.2) is 14.1 Å². The molecule has 0 saturated heterocycles. The van der Waals surface area contributed by atoms with Crippen LogP contribution in [-0.4, -0.2) is 29.3 Å². The van der Waals surface area contributed by atoms with Gasteiger partial charge in [0.2, 0.25) is 0 Å². The van der Waals surface area contributed by atoms with E-state index in [1.807, 2.05) is 0 Å². The van der Waals surface area contributed by atoms with Crippen LogP contribution in [0.2, 0.25) is 0 Å². The van der Waals surface area contributed by atoms with Gasteiger partial charge in [0.15, 0.2) is 0 Å². The SMILES string of the molecule is N/[SH](=O)=N/C(=O)NBCO. The molecule has 0 heterocycles. The van der Waals surface area contributed by atoms with Gasteiger partial charge in [-0.05, 0) is 0 Å². The first-order valence-electron chi connectivity index (χ1n) is 2.49. The third-order valence-corrected chi connectivity index (χ3v) is 0.956. The van der Waals surface area contributed by atoms with E-state index in [-0.39, 0.29) is 13.9 Å². The Hall–Kier alpha value is -0.595. The summed E-state index contributed by atoms with van der Waals surface area (Å²) in [6, 6.07) is -0.766. The molecule has 0 aliphatic carbocycles. The van der Waals surface area contributed by atoms with Gasteiger partial charge >= 0.3 is 6.03 Å². The minimum absolute atomic E-state index is 0.0888. The lowest BCUT2D eigenvalue weighted by Crippen LogP contribution is -2.27. The number of rotatable bonds is 2. The Labute approximate surface area is 60.4 Å². The topological polar surface area (TPSA) is 105 Å². The van der Waals surface area contributed by atoms with Crippen molar-refractivity contribution in [1.82, 2.24) is 5.23 Å². The molecule has 0 aliphatic rings.